The molecule has 0 unspecified atom stereocenters. The van der Waals surface area contributed by atoms with Crippen molar-refractivity contribution in [2.24, 2.45) is 0 Å². The fourth-order valence-electron chi connectivity index (χ4n) is 1.91. The minimum Gasteiger partial charge on any atom is -0.309 e. The van der Waals surface area contributed by atoms with Crippen molar-refractivity contribution in [3.05, 3.63) is 65.2 Å². The first-order valence-corrected chi connectivity index (χ1v) is 7.71. The van der Waals surface area contributed by atoms with Crippen LogP contribution in [-0.2, 0) is 19.3 Å². The van der Waals surface area contributed by atoms with Gasteiger partial charge in [-0.05, 0) is 41.6 Å². The molecule has 1 nitrogen and oxygen atoms in total. The Bertz CT molecular complexity index is 562. The molecule has 0 aliphatic heterocycles. The van der Waals surface area contributed by atoms with E-state index < -0.39 is 11.7 Å². The summed E-state index contributed by atoms with van der Waals surface area (Å²) in [5.74, 6) is 0. The van der Waals surface area contributed by atoms with Crippen LogP contribution in [0.5, 0.6) is 0 Å². The lowest BCUT2D eigenvalue weighted by molar-refractivity contribution is -0.137. The number of halogens is 3. The summed E-state index contributed by atoms with van der Waals surface area (Å²) in [6, 6.07) is 13.4. The molecule has 0 aliphatic carbocycles. The lowest BCUT2D eigenvalue weighted by Crippen LogP contribution is -2.13. The molecule has 0 spiro atoms. The summed E-state index contributed by atoms with van der Waals surface area (Å²) < 4.78 is 37.3. The molecule has 0 amide bonds. The average Bonchev–Trinajstić information content (AvgIpc) is 2.47. The summed E-state index contributed by atoms with van der Waals surface area (Å²) in [5.41, 5.74) is 1.38. The van der Waals surface area contributed by atoms with E-state index in [9.17, 15) is 13.2 Å². The van der Waals surface area contributed by atoms with Crippen LogP contribution in [0.15, 0.2) is 53.4 Å². The highest BCUT2D eigenvalue weighted by molar-refractivity contribution is 7.98. The number of thioether (sulfide) groups is 1. The maximum absolute atomic E-state index is 12.4. The van der Waals surface area contributed by atoms with Crippen LogP contribution < -0.4 is 5.32 Å². The summed E-state index contributed by atoms with van der Waals surface area (Å²) in [4.78, 5) is 1.21. The van der Waals surface area contributed by atoms with Gasteiger partial charge in [-0.2, -0.15) is 13.2 Å². The highest BCUT2D eigenvalue weighted by Crippen LogP contribution is 2.29. The van der Waals surface area contributed by atoms with Gasteiger partial charge in [-0.3, -0.25) is 0 Å². The zero-order chi connectivity index (χ0) is 15.3. The van der Waals surface area contributed by atoms with E-state index in [1.165, 1.54) is 17.0 Å². The predicted octanol–water partition coefficient (Wildman–Crippen LogP) is 4.72. The van der Waals surface area contributed by atoms with E-state index in [-0.39, 0.29) is 0 Å². The Morgan fingerprint density at radius 2 is 1.33 bits per heavy atom. The standard InChI is InChI=1S/C16H16F3NS/c1-21-15-8-4-13(5-9-15)11-20-10-12-2-6-14(7-3-12)16(17,18)19/h2-9,20H,10-11H2,1H3. The zero-order valence-electron chi connectivity index (χ0n) is 11.6. The number of benzene rings is 2. The van der Waals surface area contributed by atoms with Crippen molar-refractivity contribution in [3.63, 3.8) is 0 Å². The smallest absolute Gasteiger partial charge is 0.309 e. The van der Waals surface area contributed by atoms with Gasteiger partial charge in [0.15, 0.2) is 0 Å². The second-order valence-corrected chi connectivity index (χ2v) is 5.53. The minimum absolute atomic E-state index is 0.544. The normalized spacial score (nSPS) is 11.6. The van der Waals surface area contributed by atoms with Gasteiger partial charge >= 0.3 is 6.18 Å². The van der Waals surface area contributed by atoms with Crippen LogP contribution in [0.1, 0.15) is 16.7 Å². The molecule has 0 atom stereocenters. The molecule has 0 aliphatic rings. The first-order valence-electron chi connectivity index (χ1n) is 6.49. The molecule has 2 rings (SSSR count). The fourth-order valence-corrected chi connectivity index (χ4v) is 2.31. The average molecular weight is 311 g/mol. The first-order chi connectivity index (χ1) is 9.99. The van der Waals surface area contributed by atoms with Gasteiger partial charge < -0.3 is 5.32 Å². The Hall–Kier alpha value is -1.46. The monoisotopic (exact) mass is 311 g/mol. The Morgan fingerprint density at radius 1 is 0.857 bits per heavy atom. The summed E-state index contributed by atoms with van der Waals surface area (Å²) in [5, 5.41) is 3.23. The van der Waals surface area contributed by atoms with Crippen molar-refractivity contribution in [2.45, 2.75) is 24.2 Å². The topological polar surface area (TPSA) is 12.0 Å². The third kappa shape index (κ3) is 4.79. The molecule has 0 saturated carbocycles. The van der Waals surface area contributed by atoms with Crippen molar-refractivity contribution < 1.29 is 13.2 Å². The Balaban J connectivity index is 1.85. The minimum atomic E-state index is -4.27. The van der Waals surface area contributed by atoms with Gasteiger partial charge in [0.1, 0.15) is 0 Å². The van der Waals surface area contributed by atoms with Gasteiger partial charge in [-0.15, -0.1) is 11.8 Å². The Kier molecular flexibility index (Phi) is 5.31. The molecule has 0 saturated heterocycles. The second kappa shape index (κ2) is 7.00. The summed E-state index contributed by atoms with van der Waals surface area (Å²) in [7, 11) is 0. The Labute approximate surface area is 126 Å². The van der Waals surface area contributed by atoms with Crippen LogP contribution in [0.2, 0.25) is 0 Å². The molecule has 2 aromatic carbocycles. The number of alkyl halides is 3. The predicted molar refractivity (Wildman–Crippen MR) is 80.2 cm³/mol. The third-order valence-electron chi connectivity index (χ3n) is 3.10. The van der Waals surface area contributed by atoms with Crippen molar-refractivity contribution in [2.75, 3.05) is 6.26 Å². The van der Waals surface area contributed by atoms with E-state index in [0.717, 1.165) is 23.3 Å². The summed E-state index contributed by atoms with van der Waals surface area (Å²) in [6.45, 7) is 1.23. The van der Waals surface area contributed by atoms with Crippen LogP contribution in [0.3, 0.4) is 0 Å². The van der Waals surface area contributed by atoms with Crippen LogP contribution >= 0.6 is 11.8 Å². The number of rotatable bonds is 5. The zero-order valence-corrected chi connectivity index (χ0v) is 12.4. The van der Waals surface area contributed by atoms with E-state index in [1.54, 1.807) is 11.8 Å². The van der Waals surface area contributed by atoms with Crippen LogP contribution in [0, 0.1) is 0 Å². The van der Waals surface area contributed by atoms with Crippen molar-refractivity contribution >= 4 is 11.8 Å². The summed E-state index contributed by atoms with van der Waals surface area (Å²) in [6.07, 6.45) is -2.25. The third-order valence-corrected chi connectivity index (χ3v) is 3.84. The van der Waals surface area contributed by atoms with E-state index >= 15 is 0 Å². The van der Waals surface area contributed by atoms with Crippen LogP contribution in [0.25, 0.3) is 0 Å². The maximum Gasteiger partial charge on any atom is 0.416 e. The molecular formula is C16H16F3NS. The SMILES string of the molecule is CSc1ccc(CNCc2ccc(C(F)(F)F)cc2)cc1. The highest BCUT2D eigenvalue weighted by Gasteiger charge is 2.29. The quantitative estimate of drug-likeness (QED) is 0.802. The Morgan fingerprint density at radius 3 is 1.76 bits per heavy atom. The molecule has 1 N–H and O–H groups in total. The highest BCUT2D eigenvalue weighted by atomic mass is 32.2. The van der Waals surface area contributed by atoms with Crippen LogP contribution in [-0.4, -0.2) is 6.26 Å². The molecule has 0 radical (unpaired) electrons. The van der Waals surface area contributed by atoms with Gasteiger partial charge in [0.25, 0.3) is 0 Å². The van der Waals surface area contributed by atoms with Gasteiger partial charge in [-0.25, -0.2) is 0 Å². The molecule has 5 heteroatoms. The maximum atomic E-state index is 12.4. The van der Waals surface area contributed by atoms with E-state index in [4.69, 9.17) is 0 Å². The van der Waals surface area contributed by atoms with E-state index in [1.807, 2.05) is 18.4 Å². The summed E-state index contributed by atoms with van der Waals surface area (Å²) >= 11 is 1.69. The van der Waals surface area contributed by atoms with Gasteiger partial charge in [0.2, 0.25) is 0 Å². The largest absolute Gasteiger partial charge is 0.416 e. The van der Waals surface area contributed by atoms with E-state index in [2.05, 4.69) is 17.4 Å². The van der Waals surface area contributed by atoms with Gasteiger partial charge in [0.05, 0.1) is 5.56 Å². The lowest BCUT2D eigenvalue weighted by atomic mass is 10.1. The molecule has 21 heavy (non-hydrogen) atoms. The molecule has 112 valence electrons. The van der Waals surface area contributed by atoms with E-state index in [0.29, 0.717) is 13.1 Å². The first kappa shape index (κ1) is 15.9. The van der Waals surface area contributed by atoms with Gasteiger partial charge in [0, 0.05) is 18.0 Å². The number of nitrogens with one attached hydrogen (secondary N) is 1. The fraction of sp³-hybridized carbons (Fsp3) is 0.250. The molecule has 0 heterocycles. The van der Waals surface area contributed by atoms with Crippen molar-refractivity contribution in [1.29, 1.82) is 0 Å². The van der Waals surface area contributed by atoms with Gasteiger partial charge in [-0.1, -0.05) is 24.3 Å². The van der Waals surface area contributed by atoms with Crippen LogP contribution in [0.4, 0.5) is 13.2 Å². The number of hydrogen-bond donors (Lipinski definition) is 1. The van der Waals surface area contributed by atoms with Crippen molar-refractivity contribution in [1.82, 2.24) is 5.32 Å². The lowest BCUT2D eigenvalue weighted by Gasteiger charge is -2.09. The second-order valence-electron chi connectivity index (χ2n) is 4.65. The van der Waals surface area contributed by atoms with Crippen molar-refractivity contribution in [3.8, 4) is 0 Å². The molecule has 2 aromatic rings. The molecule has 0 aromatic heterocycles. The molecule has 0 bridgehead atoms. The molecular weight excluding hydrogens is 295 g/mol. The number of hydrogen-bond acceptors (Lipinski definition) is 2. The molecule has 0 fully saturated rings.